The molecule has 0 aliphatic carbocycles. The molecule has 0 bridgehead atoms. The number of hydrogen-bond acceptors (Lipinski definition) is 4. The summed E-state index contributed by atoms with van der Waals surface area (Å²) in [7, 11) is 0. The van der Waals surface area contributed by atoms with Gasteiger partial charge in [0.2, 0.25) is 0 Å². The van der Waals surface area contributed by atoms with Crippen molar-refractivity contribution in [2.24, 2.45) is 5.92 Å². The van der Waals surface area contributed by atoms with Crippen LogP contribution in [0.25, 0.3) is 0 Å². The van der Waals surface area contributed by atoms with Gasteiger partial charge >= 0.3 is 0 Å². The van der Waals surface area contributed by atoms with Gasteiger partial charge in [0.15, 0.2) is 10.8 Å². The molecule has 0 aliphatic heterocycles. The molecular weight excluding hydrogens is 186 g/mol. The Hall–Kier alpha value is -1.03. The minimum atomic E-state index is -0.172. The standard InChI is InChI=1S/C9H11NO2S/c1-6(2)7(11)5-8(12)9-10-3-4-13-9/h3-4,6H,5H2,1-2H3. The second kappa shape index (κ2) is 4.28. The third-order valence-electron chi connectivity index (χ3n) is 1.65. The molecule has 0 radical (unpaired) electrons. The van der Waals surface area contributed by atoms with Gasteiger partial charge in [-0.05, 0) is 0 Å². The fraction of sp³-hybridized carbons (Fsp3) is 0.444. The zero-order chi connectivity index (χ0) is 9.84. The van der Waals surface area contributed by atoms with Crippen molar-refractivity contribution in [3.05, 3.63) is 16.6 Å². The molecule has 0 fully saturated rings. The summed E-state index contributed by atoms with van der Waals surface area (Å²) in [5.74, 6) is -0.280. The molecule has 1 heterocycles. The van der Waals surface area contributed by atoms with Crippen molar-refractivity contribution in [2.45, 2.75) is 20.3 Å². The molecule has 70 valence electrons. The molecule has 1 aromatic rings. The maximum absolute atomic E-state index is 11.3. The van der Waals surface area contributed by atoms with E-state index in [1.807, 2.05) is 0 Å². The SMILES string of the molecule is CC(C)C(=O)CC(=O)c1nccs1. The van der Waals surface area contributed by atoms with Crippen LogP contribution in [0.3, 0.4) is 0 Å². The van der Waals surface area contributed by atoms with Crippen LogP contribution in [0, 0.1) is 5.92 Å². The van der Waals surface area contributed by atoms with E-state index in [9.17, 15) is 9.59 Å². The fourth-order valence-corrected chi connectivity index (χ4v) is 1.38. The Kier molecular flexibility index (Phi) is 3.31. The van der Waals surface area contributed by atoms with Gasteiger partial charge in [0.25, 0.3) is 0 Å². The number of carbonyl (C=O) groups excluding carboxylic acids is 2. The number of Topliss-reactive ketones (excluding diaryl/α,β-unsaturated/α-hetero) is 2. The Morgan fingerprint density at radius 2 is 2.23 bits per heavy atom. The van der Waals surface area contributed by atoms with Crippen LogP contribution in [0.2, 0.25) is 0 Å². The first-order chi connectivity index (χ1) is 6.11. The second-order valence-corrected chi connectivity index (χ2v) is 3.95. The second-order valence-electron chi connectivity index (χ2n) is 3.06. The highest BCUT2D eigenvalue weighted by molar-refractivity contribution is 7.11. The van der Waals surface area contributed by atoms with Gasteiger partial charge in [-0.1, -0.05) is 13.8 Å². The summed E-state index contributed by atoms with van der Waals surface area (Å²) < 4.78 is 0. The Morgan fingerprint density at radius 1 is 1.54 bits per heavy atom. The minimum Gasteiger partial charge on any atom is -0.299 e. The highest BCUT2D eigenvalue weighted by atomic mass is 32.1. The minimum absolute atomic E-state index is 0.0226. The predicted octanol–water partition coefficient (Wildman–Crippen LogP) is 1.94. The maximum atomic E-state index is 11.3. The van der Waals surface area contributed by atoms with E-state index in [0.29, 0.717) is 5.01 Å². The topological polar surface area (TPSA) is 47.0 Å². The summed E-state index contributed by atoms with van der Waals surface area (Å²) >= 11 is 1.27. The van der Waals surface area contributed by atoms with Gasteiger partial charge in [-0.25, -0.2) is 4.98 Å². The lowest BCUT2D eigenvalue weighted by atomic mass is 10.0. The largest absolute Gasteiger partial charge is 0.299 e. The third kappa shape index (κ3) is 2.73. The van der Waals surface area contributed by atoms with Crippen LogP contribution in [0.1, 0.15) is 30.1 Å². The Bertz CT molecular complexity index is 303. The summed E-state index contributed by atoms with van der Waals surface area (Å²) in [5, 5.41) is 2.15. The highest BCUT2D eigenvalue weighted by Crippen LogP contribution is 2.09. The number of hydrogen-bond donors (Lipinski definition) is 0. The average Bonchev–Trinajstić information content (AvgIpc) is 2.55. The number of carbonyl (C=O) groups is 2. The van der Waals surface area contributed by atoms with E-state index in [1.165, 1.54) is 11.3 Å². The molecule has 13 heavy (non-hydrogen) atoms. The molecule has 1 rings (SSSR count). The first kappa shape index (κ1) is 10.1. The Morgan fingerprint density at radius 3 is 2.69 bits per heavy atom. The molecule has 0 saturated carbocycles. The zero-order valence-electron chi connectivity index (χ0n) is 7.61. The molecule has 0 aromatic carbocycles. The van der Waals surface area contributed by atoms with Crippen molar-refractivity contribution in [1.82, 2.24) is 4.98 Å². The van der Waals surface area contributed by atoms with Crippen LogP contribution in [-0.2, 0) is 4.79 Å². The van der Waals surface area contributed by atoms with Crippen LogP contribution in [0.5, 0.6) is 0 Å². The van der Waals surface area contributed by atoms with Crippen LogP contribution in [-0.4, -0.2) is 16.6 Å². The summed E-state index contributed by atoms with van der Waals surface area (Å²) in [6.45, 7) is 3.58. The summed E-state index contributed by atoms with van der Waals surface area (Å²) in [4.78, 5) is 26.4. The summed E-state index contributed by atoms with van der Waals surface area (Å²) in [6.07, 6.45) is 1.54. The van der Waals surface area contributed by atoms with Crippen LogP contribution < -0.4 is 0 Å². The fourth-order valence-electron chi connectivity index (χ4n) is 0.799. The van der Waals surface area contributed by atoms with E-state index in [0.717, 1.165) is 0 Å². The lowest BCUT2D eigenvalue weighted by Crippen LogP contribution is -2.13. The Labute approximate surface area is 80.8 Å². The molecule has 3 nitrogen and oxygen atoms in total. The van der Waals surface area contributed by atoms with Crippen molar-refractivity contribution >= 4 is 22.9 Å². The predicted molar refractivity (Wildman–Crippen MR) is 50.9 cm³/mol. The number of thiazole rings is 1. The first-order valence-electron chi connectivity index (χ1n) is 4.06. The third-order valence-corrected chi connectivity index (χ3v) is 2.46. The van der Waals surface area contributed by atoms with E-state index in [-0.39, 0.29) is 23.9 Å². The van der Waals surface area contributed by atoms with Crippen molar-refractivity contribution in [1.29, 1.82) is 0 Å². The maximum Gasteiger partial charge on any atom is 0.198 e. The molecule has 0 aliphatic rings. The monoisotopic (exact) mass is 197 g/mol. The smallest absolute Gasteiger partial charge is 0.198 e. The zero-order valence-corrected chi connectivity index (χ0v) is 8.43. The summed E-state index contributed by atoms with van der Waals surface area (Å²) in [6, 6.07) is 0. The van der Waals surface area contributed by atoms with Crippen LogP contribution in [0.15, 0.2) is 11.6 Å². The molecule has 0 spiro atoms. The average molecular weight is 197 g/mol. The lowest BCUT2D eigenvalue weighted by Gasteiger charge is -2.00. The van der Waals surface area contributed by atoms with E-state index in [2.05, 4.69) is 4.98 Å². The van der Waals surface area contributed by atoms with Gasteiger partial charge in [0, 0.05) is 17.5 Å². The molecular formula is C9H11NO2S. The van der Waals surface area contributed by atoms with Crippen molar-refractivity contribution in [3.63, 3.8) is 0 Å². The van der Waals surface area contributed by atoms with Gasteiger partial charge in [-0.15, -0.1) is 11.3 Å². The van der Waals surface area contributed by atoms with Gasteiger partial charge in [-0.2, -0.15) is 0 Å². The molecule has 0 unspecified atom stereocenters. The molecule has 0 N–H and O–H groups in total. The van der Waals surface area contributed by atoms with Gasteiger partial charge in [0.1, 0.15) is 5.78 Å². The van der Waals surface area contributed by atoms with Gasteiger partial charge in [0.05, 0.1) is 6.42 Å². The van der Waals surface area contributed by atoms with Crippen molar-refractivity contribution in [2.75, 3.05) is 0 Å². The number of ketones is 2. The lowest BCUT2D eigenvalue weighted by molar-refractivity contribution is -0.121. The molecule has 0 saturated heterocycles. The van der Waals surface area contributed by atoms with Crippen LogP contribution >= 0.6 is 11.3 Å². The molecule has 0 amide bonds. The van der Waals surface area contributed by atoms with Crippen molar-refractivity contribution < 1.29 is 9.59 Å². The van der Waals surface area contributed by atoms with E-state index in [4.69, 9.17) is 0 Å². The number of rotatable bonds is 4. The molecule has 4 heteroatoms. The molecule has 1 aromatic heterocycles. The van der Waals surface area contributed by atoms with Gasteiger partial charge in [-0.3, -0.25) is 9.59 Å². The van der Waals surface area contributed by atoms with E-state index >= 15 is 0 Å². The number of nitrogens with zero attached hydrogens (tertiary/aromatic N) is 1. The first-order valence-corrected chi connectivity index (χ1v) is 4.94. The number of aromatic nitrogens is 1. The van der Waals surface area contributed by atoms with Crippen LogP contribution in [0.4, 0.5) is 0 Å². The summed E-state index contributed by atoms with van der Waals surface area (Å²) in [5.41, 5.74) is 0. The Balaban J connectivity index is 2.57. The van der Waals surface area contributed by atoms with Crippen molar-refractivity contribution in [3.8, 4) is 0 Å². The highest BCUT2D eigenvalue weighted by Gasteiger charge is 2.15. The quantitative estimate of drug-likeness (QED) is 0.547. The van der Waals surface area contributed by atoms with E-state index in [1.54, 1.807) is 25.4 Å². The normalized spacial score (nSPS) is 10.4. The van der Waals surface area contributed by atoms with Gasteiger partial charge < -0.3 is 0 Å². The van der Waals surface area contributed by atoms with E-state index < -0.39 is 0 Å². The molecule has 0 atom stereocenters.